The molecule has 2 bridgehead atoms. The van der Waals surface area contributed by atoms with Crippen LogP contribution in [0.4, 0.5) is 0 Å². The minimum atomic E-state index is 0.738. The van der Waals surface area contributed by atoms with E-state index in [0.29, 0.717) is 0 Å². The van der Waals surface area contributed by atoms with E-state index in [1.807, 2.05) is 0 Å². The van der Waals surface area contributed by atoms with Gasteiger partial charge in [-0.15, -0.1) is 0 Å². The van der Waals surface area contributed by atoms with Gasteiger partial charge in [-0.3, -0.25) is 9.80 Å². The van der Waals surface area contributed by atoms with Crippen LogP contribution in [0, 0.1) is 0 Å². The Morgan fingerprint density at radius 3 is 2.08 bits per heavy atom. The number of likely N-dealkylation sites (N-methyl/N-ethyl adjacent to an activating group) is 1. The lowest BCUT2D eigenvalue weighted by Gasteiger charge is -2.42. The molecule has 2 heteroatoms. The molecule has 76 valence electrons. The largest absolute Gasteiger partial charge is 0.298 e. The van der Waals surface area contributed by atoms with E-state index in [-0.39, 0.29) is 0 Å². The van der Waals surface area contributed by atoms with E-state index in [1.165, 1.54) is 32.5 Å². The highest BCUT2D eigenvalue weighted by atomic mass is 15.3. The zero-order chi connectivity index (χ0) is 9.42. The van der Waals surface area contributed by atoms with Gasteiger partial charge in [0.1, 0.15) is 0 Å². The van der Waals surface area contributed by atoms with Gasteiger partial charge in [-0.05, 0) is 33.2 Å². The molecule has 0 aromatic heterocycles. The Labute approximate surface area is 81.9 Å². The van der Waals surface area contributed by atoms with E-state index in [2.05, 4.69) is 30.6 Å². The third-order valence-electron chi connectivity index (χ3n) is 3.76. The molecule has 2 fully saturated rings. The highest BCUT2D eigenvalue weighted by Gasteiger charge is 2.39. The lowest BCUT2D eigenvalue weighted by Crippen LogP contribution is -2.55. The maximum atomic E-state index is 2.71. The molecule has 13 heavy (non-hydrogen) atoms. The van der Waals surface area contributed by atoms with Crippen molar-refractivity contribution in [1.29, 1.82) is 0 Å². The van der Waals surface area contributed by atoms with Gasteiger partial charge in [-0.25, -0.2) is 0 Å². The minimum absolute atomic E-state index is 0.738. The van der Waals surface area contributed by atoms with Crippen molar-refractivity contribution in [3.05, 3.63) is 0 Å². The van der Waals surface area contributed by atoms with Gasteiger partial charge in [0.15, 0.2) is 0 Å². The maximum absolute atomic E-state index is 2.71. The molecular formula is C11H22N2. The van der Waals surface area contributed by atoms with Crippen LogP contribution in [-0.2, 0) is 0 Å². The van der Waals surface area contributed by atoms with Gasteiger partial charge in [0.05, 0.1) is 0 Å². The van der Waals surface area contributed by atoms with Crippen molar-refractivity contribution < 1.29 is 0 Å². The standard InChI is InChI=1S/C11H22N2/c1-4-13-10-5-6-11(13)8-12(7-10)9(2)3/h9-11H,4-8H2,1-3H3/t10-,11+. The first-order valence-corrected chi connectivity index (χ1v) is 5.72. The van der Waals surface area contributed by atoms with E-state index < -0.39 is 0 Å². The van der Waals surface area contributed by atoms with Crippen molar-refractivity contribution in [2.75, 3.05) is 19.6 Å². The second-order valence-corrected chi connectivity index (χ2v) is 4.76. The second-order valence-electron chi connectivity index (χ2n) is 4.76. The molecule has 2 aliphatic heterocycles. The molecule has 2 atom stereocenters. The molecule has 0 saturated carbocycles. The average Bonchev–Trinajstić information content (AvgIpc) is 2.34. The number of hydrogen-bond acceptors (Lipinski definition) is 2. The number of nitrogens with zero attached hydrogens (tertiary/aromatic N) is 2. The van der Waals surface area contributed by atoms with Gasteiger partial charge < -0.3 is 0 Å². The van der Waals surface area contributed by atoms with E-state index in [9.17, 15) is 0 Å². The summed E-state index contributed by atoms with van der Waals surface area (Å²) >= 11 is 0. The molecule has 0 amide bonds. The SMILES string of the molecule is CCN1[C@@H]2CC[C@H]1CN(C(C)C)C2. The monoisotopic (exact) mass is 182 g/mol. The summed E-state index contributed by atoms with van der Waals surface area (Å²) in [5, 5.41) is 0. The summed E-state index contributed by atoms with van der Waals surface area (Å²) < 4.78 is 0. The lowest BCUT2D eigenvalue weighted by molar-refractivity contribution is 0.0534. The van der Waals surface area contributed by atoms with Gasteiger partial charge in [0.25, 0.3) is 0 Å². The van der Waals surface area contributed by atoms with Crippen molar-refractivity contribution in [2.24, 2.45) is 0 Å². The second kappa shape index (κ2) is 3.58. The van der Waals surface area contributed by atoms with Crippen LogP contribution in [0.1, 0.15) is 33.6 Å². The third-order valence-corrected chi connectivity index (χ3v) is 3.76. The first-order valence-electron chi connectivity index (χ1n) is 5.72. The molecule has 2 nitrogen and oxygen atoms in total. The van der Waals surface area contributed by atoms with Crippen LogP contribution in [0.3, 0.4) is 0 Å². The lowest BCUT2D eigenvalue weighted by atomic mass is 10.1. The zero-order valence-corrected chi connectivity index (χ0v) is 9.16. The molecule has 0 aliphatic carbocycles. The van der Waals surface area contributed by atoms with Gasteiger partial charge in [-0.2, -0.15) is 0 Å². The number of hydrogen-bond donors (Lipinski definition) is 0. The topological polar surface area (TPSA) is 6.48 Å². The molecule has 0 aromatic rings. The Kier molecular flexibility index (Phi) is 2.61. The predicted octanol–water partition coefficient (Wildman–Crippen LogP) is 1.56. The molecule has 2 saturated heterocycles. The van der Waals surface area contributed by atoms with Crippen molar-refractivity contribution in [1.82, 2.24) is 9.80 Å². The predicted molar refractivity (Wildman–Crippen MR) is 55.9 cm³/mol. The van der Waals surface area contributed by atoms with Crippen LogP contribution in [0.15, 0.2) is 0 Å². The van der Waals surface area contributed by atoms with Crippen molar-refractivity contribution in [2.45, 2.75) is 51.7 Å². The fourth-order valence-corrected chi connectivity index (χ4v) is 2.96. The van der Waals surface area contributed by atoms with Crippen LogP contribution in [0.5, 0.6) is 0 Å². The van der Waals surface area contributed by atoms with E-state index in [4.69, 9.17) is 0 Å². The molecule has 0 aromatic carbocycles. The number of likely N-dealkylation sites (tertiary alicyclic amines) is 1. The summed E-state index contributed by atoms with van der Waals surface area (Å²) in [5.74, 6) is 0. The Balaban J connectivity index is 2.02. The Hall–Kier alpha value is -0.0800. The number of rotatable bonds is 2. The molecule has 2 heterocycles. The molecule has 0 unspecified atom stereocenters. The molecule has 0 radical (unpaired) electrons. The van der Waals surface area contributed by atoms with E-state index >= 15 is 0 Å². The maximum Gasteiger partial charge on any atom is 0.0227 e. The fraction of sp³-hybridized carbons (Fsp3) is 1.00. The Morgan fingerprint density at radius 1 is 1.15 bits per heavy atom. The number of piperazine rings is 1. The first kappa shape index (κ1) is 9.47. The van der Waals surface area contributed by atoms with Crippen LogP contribution in [0.25, 0.3) is 0 Å². The van der Waals surface area contributed by atoms with Gasteiger partial charge in [0.2, 0.25) is 0 Å². The summed E-state index contributed by atoms with van der Waals surface area (Å²) in [5.41, 5.74) is 0. The van der Waals surface area contributed by atoms with E-state index in [1.54, 1.807) is 0 Å². The first-order chi connectivity index (χ1) is 6.22. The molecule has 0 N–H and O–H groups in total. The summed E-state index contributed by atoms with van der Waals surface area (Å²) in [7, 11) is 0. The van der Waals surface area contributed by atoms with Gasteiger partial charge >= 0.3 is 0 Å². The van der Waals surface area contributed by atoms with Crippen molar-refractivity contribution in [3.63, 3.8) is 0 Å². The van der Waals surface area contributed by atoms with E-state index in [0.717, 1.165) is 18.1 Å². The Morgan fingerprint density at radius 2 is 1.69 bits per heavy atom. The molecule has 0 spiro atoms. The molecule has 2 rings (SSSR count). The summed E-state index contributed by atoms with van der Waals surface area (Å²) in [6.45, 7) is 10.8. The molecule has 2 aliphatic rings. The number of fused-ring (bicyclic) bond motifs is 2. The third kappa shape index (κ3) is 1.62. The summed E-state index contributed by atoms with van der Waals surface area (Å²) in [4.78, 5) is 5.35. The fourth-order valence-electron chi connectivity index (χ4n) is 2.96. The highest BCUT2D eigenvalue weighted by molar-refractivity contribution is 4.95. The van der Waals surface area contributed by atoms with Crippen LogP contribution < -0.4 is 0 Å². The van der Waals surface area contributed by atoms with Gasteiger partial charge in [0, 0.05) is 31.2 Å². The van der Waals surface area contributed by atoms with Crippen LogP contribution in [0.2, 0.25) is 0 Å². The van der Waals surface area contributed by atoms with Crippen LogP contribution >= 0.6 is 0 Å². The highest BCUT2D eigenvalue weighted by Crippen LogP contribution is 2.30. The summed E-state index contributed by atoms with van der Waals surface area (Å²) in [6.07, 6.45) is 2.86. The minimum Gasteiger partial charge on any atom is -0.298 e. The van der Waals surface area contributed by atoms with Gasteiger partial charge in [-0.1, -0.05) is 6.92 Å². The average molecular weight is 182 g/mol. The van der Waals surface area contributed by atoms with Crippen molar-refractivity contribution in [3.8, 4) is 0 Å². The zero-order valence-electron chi connectivity index (χ0n) is 9.16. The normalized spacial score (nSPS) is 36.0. The van der Waals surface area contributed by atoms with Crippen molar-refractivity contribution >= 4 is 0 Å². The quantitative estimate of drug-likeness (QED) is 0.639. The van der Waals surface area contributed by atoms with Crippen LogP contribution in [-0.4, -0.2) is 47.6 Å². The Bertz CT molecular complexity index is 165. The smallest absolute Gasteiger partial charge is 0.0227 e. The molecular weight excluding hydrogens is 160 g/mol. The summed E-state index contributed by atoms with van der Waals surface area (Å²) in [6, 6.07) is 2.47.